The predicted molar refractivity (Wildman–Crippen MR) is 120 cm³/mol. The van der Waals surface area contributed by atoms with E-state index in [0.29, 0.717) is 44.2 Å². The van der Waals surface area contributed by atoms with Gasteiger partial charge in [-0.1, -0.05) is 0 Å². The van der Waals surface area contributed by atoms with E-state index in [1.54, 1.807) is 6.20 Å². The van der Waals surface area contributed by atoms with Crippen molar-refractivity contribution in [3.8, 4) is 11.4 Å². The topological polar surface area (TPSA) is 79.0 Å². The molecule has 0 unspecified atom stereocenters. The van der Waals surface area contributed by atoms with Gasteiger partial charge in [0.05, 0.1) is 19.3 Å². The lowest BCUT2D eigenvalue weighted by atomic mass is 9.87. The van der Waals surface area contributed by atoms with E-state index in [1.165, 1.54) is 0 Å². The van der Waals surface area contributed by atoms with Crippen LogP contribution in [-0.2, 0) is 4.74 Å². The number of anilines is 2. The highest BCUT2D eigenvalue weighted by Crippen LogP contribution is 2.36. The minimum atomic E-state index is -2.51. The lowest BCUT2D eigenvalue weighted by Gasteiger charge is -2.34. The third-order valence-corrected chi connectivity index (χ3v) is 6.48. The normalized spacial score (nSPS) is 21.7. The first-order valence-corrected chi connectivity index (χ1v) is 11.3. The van der Waals surface area contributed by atoms with Crippen LogP contribution < -0.4 is 10.2 Å². The fourth-order valence-electron chi connectivity index (χ4n) is 4.57. The van der Waals surface area contributed by atoms with E-state index in [0.717, 1.165) is 29.0 Å². The zero-order valence-electron chi connectivity index (χ0n) is 18.2. The molecule has 1 atom stereocenters. The number of hydrogen-bond donors (Lipinski definition) is 2. The maximum absolute atomic E-state index is 13.5. The Morgan fingerprint density at radius 1 is 1.25 bits per heavy atom. The first kappa shape index (κ1) is 21.1. The molecule has 0 amide bonds. The molecule has 7 nitrogen and oxygen atoms in total. The maximum atomic E-state index is 13.5. The molecule has 2 aliphatic rings. The summed E-state index contributed by atoms with van der Waals surface area (Å²) < 4.78 is 32.6. The molecule has 0 spiro atoms. The molecule has 9 heteroatoms. The molecular weight excluding hydrogens is 414 g/mol. The molecule has 0 bridgehead atoms. The molecule has 1 saturated heterocycles. The molecule has 2 fully saturated rings. The summed E-state index contributed by atoms with van der Waals surface area (Å²) in [6.07, 6.45) is 4.59. The maximum Gasteiger partial charge on any atom is 0.248 e. The van der Waals surface area contributed by atoms with Gasteiger partial charge in [-0.2, -0.15) is 0 Å². The van der Waals surface area contributed by atoms with E-state index in [1.807, 2.05) is 24.4 Å². The van der Waals surface area contributed by atoms with Crippen molar-refractivity contribution in [3.05, 3.63) is 30.6 Å². The minimum Gasteiger partial charge on any atom is -0.377 e. The zero-order valence-corrected chi connectivity index (χ0v) is 18.2. The van der Waals surface area contributed by atoms with Gasteiger partial charge in [-0.05, 0) is 37.8 Å². The number of fused-ring (bicyclic) bond motifs is 1. The Morgan fingerprint density at radius 3 is 2.91 bits per heavy atom. The second kappa shape index (κ2) is 8.61. The van der Waals surface area contributed by atoms with Crippen LogP contribution in [0, 0.1) is 5.92 Å². The quantitative estimate of drug-likeness (QED) is 0.607. The SMILES string of the molecule is C[C@@H]1COCCN1c1cc(NCC2CCC(F)(F)CC2)nc(-c2ccnc3[nH]ccc23)n1. The van der Waals surface area contributed by atoms with Crippen molar-refractivity contribution in [1.82, 2.24) is 19.9 Å². The van der Waals surface area contributed by atoms with Gasteiger partial charge in [-0.3, -0.25) is 0 Å². The smallest absolute Gasteiger partial charge is 0.248 e. The molecular formula is C23H28F2N6O. The van der Waals surface area contributed by atoms with E-state index in [-0.39, 0.29) is 24.8 Å². The summed E-state index contributed by atoms with van der Waals surface area (Å²) in [7, 11) is 0. The molecule has 170 valence electrons. The molecule has 3 aromatic heterocycles. The number of nitrogens with zero attached hydrogens (tertiary/aromatic N) is 4. The second-order valence-corrected chi connectivity index (χ2v) is 8.83. The van der Waals surface area contributed by atoms with Crippen molar-refractivity contribution in [2.75, 3.05) is 36.5 Å². The molecule has 3 aromatic rings. The van der Waals surface area contributed by atoms with Crippen molar-refractivity contribution in [2.45, 2.75) is 44.6 Å². The van der Waals surface area contributed by atoms with Crippen LogP contribution in [0.25, 0.3) is 22.4 Å². The molecule has 32 heavy (non-hydrogen) atoms. The molecule has 1 saturated carbocycles. The highest BCUT2D eigenvalue weighted by molar-refractivity contribution is 5.91. The summed E-state index contributed by atoms with van der Waals surface area (Å²) >= 11 is 0. The number of nitrogens with one attached hydrogen (secondary N) is 2. The lowest BCUT2D eigenvalue weighted by Crippen LogP contribution is -2.44. The first-order chi connectivity index (χ1) is 15.5. The number of hydrogen-bond acceptors (Lipinski definition) is 6. The Labute approximate surface area is 185 Å². The van der Waals surface area contributed by atoms with Gasteiger partial charge in [0.2, 0.25) is 5.92 Å². The van der Waals surface area contributed by atoms with Gasteiger partial charge in [-0.15, -0.1) is 0 Å². The van der Waals surface area contributed by atoms with Crippen LogP contribution in [0.2, 0.25) is 0 Å². The van der Waals surface area contributed by atoms with E-state index in [9.17, 15) is 8.78 Å². The van der Waals surface area contributed by atoms with Gasteiger partial charge in [0.25, 0.3) is 0 Å². The zero-order chi connectivity index (χ0) is 22.1. The number of rotatable bonds is 5. The monoisotopic (exact) mass is 442 g/mol. The number of aromatic amines is 1. The Bertz CT molecular complexity index is 1080. The van der Waals surface area contributed by atoms with E-state index in [2.05, 4.69) is 27.1 Å². The Balaban J connectivity index is 1.45. The van der Waals surface area contributed by atoms with E-state index in [4.69, 9.17) is 14.7 Å². The predicted octanol–water partition coefficient (Wildman–Crippen LogP) is 4.48. The highest BCUT2D eigenvalue weighted by Gasteiger charge is 2.34. The number of alkyl halides is 2. The lowest BCUT2D eigenvalue weighted by molar-refractivity contribution is -0.0443. The fourth-order valence-corrected chi connectivity index (χ4v) is 4.57. The summed E-state index contributed by atoms with van der Waals surface area (Å²) in [5.41, 5.74) is 1.69. The van der Waals surface area contributed by atoms with Crippen molar-refractivity contribution in [3.63, 3.8) is 0 Å². The van der Waals surface area contributed by atoms with Crippen LogP contribution in [0.1, 0.15) is 32.6 Å². The van der Waals surface area contributed by atoms with Crippen molar-refractivity contribution in [1.29, 1.82) is 0 Å². The van der Waals surface area contributed by atoms with Gasteiger partial charge in [0, 0.05) is 55.3 Å². The summed E-state index contributed by atoms with van der Waals surface area (Å²) in [5, 5.41) is 4.37. The first-order valence-electron chi connectivity index (χ1n) is 11.3. The Hall–Kier alpha value is -2.81. The molecule has 2 N–H and O–H groups in total. The van der Waals surface area contributed by atoms with Crippen LogP contribution in [0.3, 0.4) is 0 Å². The summed E-state index contributed by atoms with van der Waals surface area (Å²) in [5.74, 6) is -0.130. The summed E-state index contributed by atoms with van der Waals surface area (Å²) in [6.45, 7) is 4.80. The Kier molecular flexibility index (Phi) is 5.67. The highest BCUT2D eigenvalue weighted by atomic mass is 19.3. The molecule has 0 radical (unpaired) electrons. The number of morpholine rings is 1. The van der Waals surface area contributed by atoms with Crippen LogP contribution in [-0.4, -0.2) is 58.2 Å². The number of pyridine rings is 1. The summed E-state index contributed by atoms with van der Waals surface area (Å²) in [4.78, 5) is 19.4. The van der Waals surface area contributed by atoms with Gasteiger partial charge in [-0.25, -0.2) is 23.7 Å². The number of aromatic nitrogens is 4. The van der Waals surface area contributed by atoms with Crippen LogP contribution >= 0.6 is 0 Å². The molecule has 1 aliphatic heterocycles. The number of ether oxygens (including phenoxy) is 1. The number of halogens is 2. The van der Waals surface area contributed by atoms with Crippen LogP contribution in [0.15, 0.2) is 30.6 Å². The van der Waals surface area contributed by atoms with Gasteiger partial charge in [0.1, 0.15) is 17.3 Å². The van der Waals surface area contributed by atoms with Crippen LogP contribution in [0.4, 0.5) is 20.4 Å². The van der Waals surface area contributed by atoms with Gasteiger partial charge >= 0.3 is 0 Å². The standard InChI is InChI=1S/C23H28F2N6O/c1-15-14-32-11-10-31(15)20-12-19(28-13-16-2-6-23(24,25)7-3-16)29-22(30-20)18-5-9-27-21-17(18)4-8-26-21/h4-5,8-9,12,15-16H,2-3,6-7,10-11,13-14H2,1H3,(H,26,27)(H,28,29,30)/t15-/m1/s1. The van der Waals surface area contributed by atoms with E-state index >= 15 is 0 Å². The molecule has 4 heterocycles. The van der Waals surface area contributed by atoms with Crippen molar-refractivity contribution in [2.24, 2.45) is 5.92 Å². The summed E-state index contributed by atoms with van der Waals surface area (Å²) in [6, 6.07) is 6.05. The largest absolute Gasteiger partial charge is 0.377 e. The van der Waals surface area contributed by atoms with Gasteiger partial charge < -0.3 is 19.9 Å². The minimum absolute atomic E-state index is 0.0343. The molecule has 0 aromatic carbocycles. The van der Waals surface area contributed by atoms with Crippen molar-refractivity contribution < 1.29 is 13.5 Å². The second-order valence-electron chi connectivity index (χ2n) is 8.83. The van der Waals surface area contributed by atoms with Gasteiger partial charge in [0.15, 0.2) is 5.82 Å². The third-order valence-electron chi connectivity index (χ3n) is 6.48. The average molecular weight is 443 g/mol. The Morgan fingerprint density at radius 2 is 2.09 bits per heavy atom. The van der Waals surface area contributed by atoms with Crippen LogP contribution in [0.5, 0.6) is 0 Å². The molecule has 5 rings (SSSR count). The molecule has 1 aliphatic carbocycles. The van der Waals surface area contributed by atoms with E-state index < -0.39 is 5.92 Å². The number of H-pyrrole nitrogens is 1. The fraction of sp³-hybridized carbons (Fsp3) is 0.522. The average Bonchev–Trinajstić information content (AvgIpc) is 3.27. The van der Waals surface area contributed by atoms with Crippen molar-refractivity contribution >= 4 is 22.7 Å². The third kappa shape index (κ3) is 4.39.